The number of nitrogens with one attached hydrogen (secondary N) is 1. The Hall–Kier alpha value is -0.570. The third-order valence-corrected chi connectivity index (χ3v) is 3.31. The van der Waals surface area contributed by atoms with Gasteiger partial charge in [0.1, 0.15) is 0 Å². The molecule has 0 bridgehead atoms. The minimum Gasteiger partial charge on any atom is -0.550 e. The van der Waals surface area contributed by atoms with Gasteiger partial charge < -0.3 is 14.8 Å². The predicted molar refractivity (Wildman–Crippen MR) is 68.8 cm³/mol. The minimum absolute atomic E-state index is 0.972. The Balaban J connectivity index is 0.000000557. The summed E-state index contributed by atoms with van der Waals surface area (Å²) in [6.07, 6.45) is 8.60. The molecule has 1 N–H and O–H groups in total. The largest absolute Gasteiger partial charge is 0.550 e. The molecular formula is C14H29NO2. The number of carboxylic acids is 1. The van der Waals surface area contributed by atoms with Crippen LogP contribution in [0.15, 0.2) is 0 Å². The van der Waals surface area contributed by atoms with Gasteiger partial charge in [-0.2, -0.15) is 0 Å². The van der Waals surface area contributed by atoms with Crippen LogP contribution in [-0.4, -0.2) is 25.6 Å². The number of quaternary nitrogens is 1. The smallest absolute Gasteiger partial charge is 0.0801 e. The monoisotopic (exact) mass is 243 g/mol. The molecule has 0 aromatic heterocycles. The molecule has 1 saturated heterocycles. The van der Waals surface area contributed by atoms with Crippen molar-refractivity contribution in [2.45, 2.75) is 59.3 Å². The topological polar surface area (TPSA) is 44.6 Å². The van der Waals surface area contributed by atoms with Crippen LogP contribution >= 0.6 is 0 Å². The van der Waals surface area contributed by atoms with Gasteiger partial charge in [-0.3, -0.25) is 0 Å². The lowest BCUT2D eigenvalue weighted by molar-refractivity contribution is -0.889. The molecule has 1 aliphatic rings. The molecule has 1 rings (SSSR count). The van der Waals surface area contributed by atoms with Crippen molar-refractivity contribution in [1.29, 1.82) is 0 Å². The van der Waals surface area contributed by atoms with E-state index in [2.05, 4.69) is 13.8 Å². The van der Waals surface area contributed by atoms with E-state index in [1.54, 1.807) is 0 Å². The molecule has 102 valence electrons. The van der Waals surface area contributed by atoms with Crippen LogP contribution in [0.4, 0.5) is 0 Å². The number of carbonyl (C=O) groups is 1. The van der Waals surface area contributed by atoms with Gasteiger partial charge in [0.15, 0.2) is 0 Å². The summed E-state index contributed by atoms with van der Waals surface area (Å²) in [7, 11) is 0. The highest BCUT2D eigenvalue weighted by molar-refractivity contribution is 5.60. The van der Waals surface area contributed by atoms with Gasteiger partial charge in [-0.1, -0.05) is 26.7 Å². The van der Waals surface area contributed by atoms with Crippen molar-refractivity contribution in [3.63, 3.8) is 0 Å². The standard InChI is InChI=1S/C12H25N.C2H4O2/c1-3-5-6-9-13-10-8-12(11-13)7-4-2;1-2(3)4/h12H,3-11H2,1-2H3;1H3,(H,3,4). The lowest BCUT2D eigenvalue weighted by Crippen LogP contribution is -3.10. The van der Waals surface area contributed by atoms with Crippen molar-refractivity contribution in [3.05, 3.63) is 0 Å². The van der Waals surface area contributed by atoms with Gasteiger partial charge in [0, 0.05) is 18.3 Å². The van der Waals surface area contributed by atoms with Crippen LogP contribution in [0.1, 0.15) is 59.3 Å². The first-order chi connectivity index (χ1) is 8.10. The van der Waals surface area contributed by atoms with Crippen molar-refractivity contribution >= 4 is 5.97 Å². The Morgan fingerprint density at radius 3 is 2.47 bits per heavy atom. The lowest BCUT2D eigenvalue weighted by atomic mass is 10.0. The fourth-order valence-corrected chi connectivity index (χ4v) is 2.53. The Morgan fingerprint density at radius 1 is 1.29 bits per heavy atom. The van der Waals surface area contributed by atoms with Gasteiger partial charge in [-0.25, -0.2) is 0 Å². The van der Waals surface area contributed by atoms with E-state index in [4.69, 9.17) is 9.90 Å². The molecule has 3 nitrogen and oxygen atoms in total. The summed E-state index contributed by atoms with van der Waals surface area (Å²) in [4.78, 5) is 10.8. The number of carboxylic acid groups (broad SMARTS) is 1. The maximum atomic E-state index is 8.89. The van der Waals surface area contributed by atoms with Gasteiger partial charge in [-0.05, 0) is 26.2 Å². The van der Waals surface area contributed by atoms with Crippen LogP contribution in [0.25, 0.3) is 0 Å². The number of rotatable bonds is 6. The summed E-state index contributed by atoms with van der Waals surface area (Å²) in [6.45, 7) is 9.94. The molecule has 0 amide bonds. The minimum atomic E-state index is -1.08. The molecule has 0 spiro atoms. The Morgan fingerprint density at radius 2 is 1.94 bits per heavy atom. The van der Waals surface area contributed by atoms with Crippen molar-refractivity contribution in [2.75, 3.05) is 19.6 Å². The lowest BCUT2D eigenvalue weighted by Gasteiger charge is -2.12. The fourth-order valence-electron chi connectivity index (χ4n) is 2.53. The molecule has 1 aliphatic heterocycles. The molecular weight excluding hydrogens is 214 g/mol. The summed E-state index contributed by atoms with van der Waals surface area (Å²) in [5.74, 6) is -0.0263. The number of carbonyl (C=O) groups excluding carboxylic acids is 1. The van der Waals surface area contributed by atoms with Crippen LogP contribution in [0, 0.1) is 5.92 Å². The van der Waals surface area contributed by atoms with E-state index >= 15 is 0 Å². The van der Waals surface area contributed by atoms with E-state index < -0.39 is 5.97 Å². The summed E-state index contributed by atoms with van der Waals surface area (Å²) >= 11 is 0. The highest BCUT2D eigenvalue weighted by Crippen LogP contribution is 2.11. The molecule has 3 heteroatoms. The predicted octanol–water partition coefficient (Wildman–Crippen LogP) is 0.638. The number of hydrogen-bond donors (Lipinski definition) is 1. The van der Waals surface area contributed by atoms with Crippen molar-refractivity contribution in [2.24, 2.45) is 5.92 Å². The third-order valence-electron chi connectivity index (χ3n) is 3.31. The van der Waals surface area contributed by atoms with E-state index in [0.29, 0.717) is 0 Å². The van der Waals surface area contributed by atoms with Crippen molar-refractivity contribution in [3.8, 4) is 0 Å². The molecule has 2 unspecified atom stereocenters. The number of unbranched alkanes of at least 4 members (excludes halogenated alkanes) is 2. The van der Waals surface area contributed by atoms with Gasteiger partial charge >= 0.3 is 0 Å². The van der Waals surface area contributed by atoms with Gasteiger partial charge in [0.05, 0.1) is 19.6 Å². The van der Waals surface area contributed by atoms with Crippen LogP contribution in [0.5, 0.6) is 0 Å². The van der Waals surface area contributed by atoms with E-state index in [9.17, 15) is 0 Å². The molecule has 17 heavy (non-hydrogen) atoms. The highest BCUT2D eigenvalue weighted by Gasteiger charge is 2.24. The summed E-state index contributed by atoms with van der Waals surface area (Å²) in [5.41, 5.74) is 0. The summed E-state index contributed by atoms with van der Waals surface area (Å²) in [6, 6.07) is 0. The SMILES string of the molecule is CC(=O)[O-].CCCCC[NH+]1CCC(CCC)C1. The van der Waals surface area contributed by atoms with Gasteiger partial charge in [0.25, 0.3) is 0 Å². The summed E-state index contributed by atoms with van der Waals surface area (Å²) < 4.78 is 0. The molecule has 0 aliphatic carbocycles. The fraction of sp³-hybridized carbons (Fsp3) is 0.929. The zero-order valence-electron chi connectivity index (χ0n) is 11.8. The Kier molecular flexibility index (Phi) is 10.2. The highest BCUT2D eigenvalue weighted by atomic mass is 16.4. The van der Waals surface area contributed by atoms with Crippen molar-refractivity contribution < 1.29 is 14.8 Å². The van der Waals surface area contributed by atoms with Crippen LogP contribution in [0.3, 0.4) is 0 Å². The number of hydrogen-bond acceptors (Lipinski definition) is 2. The molecule has 1 heterocycles. The Bertz CT molecular complexity index is 191. The molecule has 0 radical (unpaired) electrons. The normalized spacial score (nSPS) is 23.0. The van der Waals surface area contributed by atoms with Crippen LogP contribution in [-0.2, 0) is 4.79 Å². The summed E-state index contributed by atoms with van der Waals surface area (Å²) in [5, 5.41) is 8.89. The second kappa shape index (κ2) is 10.6. The molecule has 0 aromatic rings. The molecule has 0 aromatic carbocycles. The van der Waals surface area contributed by atoms with E-state index in [-0.39, 0.29) is 0 Å². The number of likely N-dealkylation sites (tertiary alicyclic amines) is 1. The quantitative estimate of drug-likeness (QED) is 0.696. The van der Waals surface area contributed by atoms with E-state index in [0.717, 1.165) is 12.8 Å². The van der Waals surface area contributed by atoms with Crippen LogP contribution in [0.2, 0.25) is 0 Å². The van der Waals surface area contributed by atoms with E-state index in [1.165, 1.54) is 58.2 Å². The second-order valence-electron chi connectivity index (χ2n) is 5.10. The zero-order valence-corrected chi connectivity index (χ0v) is 11.8. The maximum absolute atomic E-state index is 8.89. The number of aliphatic carboxylic acids is 1. The Labute approximate surface area is 106 Å². The van der Waals surface area contributed by atoms with E-state index in [1.807, 2.05) is 4.90 Å². The van der Waals surface area contributed by atoms with Crippen LogP contribution < -0.4 is 10.0 Å². The molecule has 2 atom stereocenters. The molecule has 0 saturated carbocycles. The first-order valence-electron chi connectivity index (χ1n) is 7.11. The first kappa shape index (κ1) is 16.4. The average molecular weight is 243 g/mol. The zero-order chi connectivity index (χ0) is 13.1. The van der Waals surface area contributed by atoms with Gasteiger partial charge in [0.2, 0.25) is 0 Å². The molecule has 1 fully saturated rings. The van der Waals surface area contributed by atoms with Crippen molar-refractivity contribution in [1.82, 2.24) is 0 Å². The maximum Gasteiger partial charge on any atom is 0.0801 e. The third kappa shape index (κ3) is 10.3. The first-order valence-corrected chi connectivity index (χ1v) is 7.11. The second-order valence-corrected chi connectivity index (χ2v) is 5.10. The average Bonchev–Trinajstić information content (AvgIpc) is 2.66. The van der Waals surface area contributed by atoms with Gasteiger partial charge in [-0.15, -0.1) is 0 Å².